The van der Waals surface area contributed by atoms with Gasteiger partial charge >= 0.3 is 0 Å². The number of benzene rings is 1. The van der Waals surface area contributed by atoms with Crippen molar-refractivity contribution in [1.29, 1.82) is 0 Å². The number of rotatable bonds is 7. The molecule has 0 spiro atoms. The van der Waals surface area contributed by atoms with E-state index in [-0.39, 0.29) is 5.41 Å². The summed E-state index contributed by atoms with van der Waals surface area (Å²) in [6.45, 7) is 10.4. The Kier molecular flexibility index (Phi) is 5.83. The predicted octanol–water partition coefficient (Wildman–Crippen LogP) is 2.55. The molecule has 3 heteroatoms. The van der Waals surface area contributed by atoms with Gasteiger partial charge in [0.05, 0.1) is 7.11 Å². The maximum atomic E-state index is 5.80. The van der Waals surface area contributed by atoms with Crippen LogP contribution in [0, 0.1) is 5.92 Å². The predicted molar refractivity (Wildman–Crippen MR) is 81.7 cm³/mol. The van der Waals surface area contributed by atoms with Gasteiger partial charge in [0.15, 0.2) is 0 Å². The second kappa shape index (κ2) is 6.92. The SMILES string of the molecule is COc1cccc(C(C)(C)CNC(CN)C(C)C)c1. The highest BCUT2D eigenvalue weighted by Crippen LogP contribution is 2.26. The fourth-order valence-electron chi connectivity index (χ4n) is 2.12. The average Bonchev–Trinajstić information content (AvgIpc) is 2.39. The third-order valence-electron chi connectivity index (χ3n) is 3.72. The van der Waals surface area contributed by atoms with Crippen molar-refractivity contribution in [2.75, 3.05) is 20.2 Å². The number of nitrogens with two attached hydrogens (primary N) is 1. The summed E-state index contributed by atoms with van der Waals surface area (Å²) < 4.78 is 5.29. The Labute approximate surface area is 117 Å². The van der Waals surface area contributed by atoms with E-state index in [9.17, 15) is 0 Å². The van der Waals surface area contributed by atoms with E-state index in [0.29, 0.717) is 18.5 Å². The van der Waals surface area contributed by atoms with Crippen LogP contribution in [0.25, 0.3) is 0 Å². The van der Waals surface area contributed by atoms with Crippen LogP contribution in [0.2, 0.25) is 0 Å². The molecule has 1 aromatic carbocycles. The zero-order chi connectivity index (χ0) is 14.5. The Morgan fingerprint density at radius 3 is 2.53 bits per heavy atom. The van der Waals surface area contributed by atoms with E-state index in [4.69, 9.17) is 10.5 Å². The molecule has 1 atom stereocenters. The normalized spacial score (nSPS) is 13.6. The lowest BCUT2D eigenvalue weighted by Gasteiger charge is -2.30. The zero-order valence-corrected chi connectivity index (χ0v) is 12.9. The van der Waals surface area contributed by atoms with Crippen molar-refractivity contribution in [3.8, 4) is 5.75 Å². The van der Waals surface area contributed by atoms with Crippen molar-refractivity contribution in [2.45, 2.75) is 39.2 Å². The van der Waals surface area contributed by atoms with Gasteiger partial charge < -0.3 is 15.8 Å². The van der Waals surface area contributed by atoms with E-state index in [1.54, 1.807) is 7.11 Å². The molecule has 0 bridgehead atoms. The van der Waals surface area contributed by atoms with Crippen LogP contribution < -0.4 is 15.8 Å². The summed E-state index contributed by atoms with van der Waals surface area (Å²) in [6, 6.07) is 8.64. The average molecular weight is 264 g/mol. The largest absolute Gasteiger partial charge is 0.497 e. The second-order valence-corrected chi connectivity index (χ2v) is 6.08. The zero-order valence-electron chi connectivity index (χ0n) is 12.9. The Bertz CT molecular complexity index is 388. The first-order valence-corrected chi connectivity index (χ1v) is 6.98. The van der Waals surface area contributed by atoms with Crippen molar-refractivity contribution >= 4 is 0 Å². The van der Waals surface area contributed by atoms with E-state index < -0.39 is 0 Å². The lowest BCUT2D eigenvalue weighted by atomic mass is 9.84. The number of hydrogen-bond donors (Lipinski definition) is 2. The first kappa shape index (κ1) is 16.0. The summed E-state index contributed by atoms with van der Waals surface area (Å²) in [5.74, 6) is 1.45. The van der Waals surface area contributed by atoms with Crippen LogP contribution in [-0.2, 0) is 5.41 Å². The van der Waals surface area contributed by atoms with Gasteiger partial charge in [0.1, 0.15) is 5.75 Å². The molecule has 3 N–H and O–H groups in total. The van der Waals surface area contributed by atoms with E-state index in [2.05, 4.69) is 45.1 Å². The molecule has 0 amide bonds. The van der Waals surface area contributed by atoms with Gasteiger partial charge in [-0.3, -0.25) is 0 Å². The molecule has 0 heterocycles. The summed E-state index contributed by atoms with van der Waals surface area (Å²) in [7, 11) is 1.70. The van der Waals surface area contributed by atoms with Crippen LogP contribution in [0.1, 0.15) is 33.3 Å². The van der Waals surface area contributed by atoms with Gasteiger partial charge in [0.25, 0.3) is 0 Å². The minimum Gasteiger partial charge on any atom is -0.497 e. The number of hydrogen-bond acceptors (Lipinski definition) is 3. The molecule has 0 aliphatic carbocycles. The van der Waals surface area contributed by atoms with Crippen LogP contribution in [0.4, 0.5) is 0 Å². The van der Waals surface area contributed by atoms with Crippen LogP contribution in [0.15, 0.2) is 24.3 Å². The Morgan fingerprint density at radius 1 is 1.32 bits per heavy atom. The first-order valence-electron chi connectivity index (χ1n) is 6.98. The molecule has 1 rings (SSSR count). The highest BCUT2D eigenvalue weighted by atomic mass is 16.5. The molecular formula is C16H28N2O. The van der Waals surface area contributed by atoms with Crippen molar-refractivity contribution < 1.29 is 4.74 Å². The minimum atomic E-state index is 0.0524. The highest BCUT2D eigenvalue weighted by Gasteiger charge is 2.23. The van der Waals surface area contributed by atoms with Crippen molar-refractivity contribution in [1.82, 2.24) is 5.32 Å². The molecule has 0 saturated heterocycles. The van der Waals surface area contributed by atoms with Crippen LogP contribution in [-0.4, -0.2) is 26.2 Å². The number of ether oxygens (including phenoxy) is 1. The van der Waals surface area contributed by atoms with Crippen molar-refractivity contribution in [2.24, 2.45) is 11.7 Å². The molecule has 108 valence electrons. The van der Waals surface area contributed by atoms with Gasteiger partial charge in [-0.15, -0.1) is 0 Å². The Hall–Kier alpha value is -1.06. The van der Waals surface area contributed by atoms with Gasteiger partial charge in [-0.1, -0.05) is 39.8 Å². The summed E-state index contributed by atoms with van der Waals surface area (Å²) in [6.07, 6.45) is 0. The number of nitrogens with one attached hydrogen (secondary N) is 1. The fraction of sp³-hybridized carbons (Fsp3) is 0.625. The molecule has 0 saturated carbocycles. The minimum absolute atomic E-state index is 0.0524. The van der Waals surface area contributed by atoms with E-state index in [0.717, 1.165) is 12.3 Å². The molecule has 1 unspecified atom stereocenters. The molecule has 0 aromatic heterocycles. The summed E-state index contributed by atoms with van der Waals surface area (Å²) in [4.78, 5) is 0. The van der Waals surface area contributed by atoms with E-state index in [1.165, 1.54) is 5.56 Å². The quantitative estimate of drug-likeness (QED) is 0.795. The van der Waals surface area contributed by atoms with Crippen molar-refractivity contribution in [3.63, 3.8) is 0 Å². The number of methoxy groups -OCH3 is 1. The lowest BCUT2D eigenvalue weighted by molar-refractivity contribution is 0.359. The Morgan fingerprint density at radius 2 is 2.00 bits per heavy atom. The molecule has 0 fully saturated rings. The smallest absolute Gasteiger partial charge is 0.119 e. The Balaban J connectivity index is 2.74. The summed E-state index contributed by atoms with van der Waals surface area (Å²) >= 11 is 0. The van der Waals surface area contributed by atoms with Gasteiger partial charge in [0.2, 0.25) is 0 Å². The van der Waals surface area contributed by atoms with E-state index >= 15 is 0 Å². The van der Waals surface area contributed by atoms with Crippen LogP contribution >= 0.6 is 0 Å². The molecule has 0 aliphatic heterocycles. The maximum Gasteiger partial charge on any atom is 0.119 e. The summed E-state index contributed by atoms with van der Waals surface area (Å²) in [5, 5.41) is 3.58. The standard InChI is InChI=1S/C16H28N2O/c1-12(2)15(10-17)18-11-16(3,4)13-7-6-8-14(9-13)19-5/h6-9,12,15,18H,10-11,17H2,1-5H3. The fourth-order valence-corrected chi connectivity index (χ4v) is 2.12. The highest BCUT2D eigenvalue weighted by molar-refractivity contribution is 5.33. The van der Waals surface area contributed by atoms with Crippen molar-refractivity contribution in [3.05, 3.63) is 29.8 Å². The third kappa shape index (κ3) is 4.51. The first-order chi connectivity index (χ1) is 8.90. The molecule has 19 heavy (non-hydrogen) atoms. The van der Waals surface area contributed by atoms with Gasteiger partial charge in [-0.05, 0) is 23.6 Å². The van der Waals surface area contributed by atoms with Gasteiger partial charge in [0, 0.05) is 24.5 Å². The monoisotopic (exact) mass is 264 g/mol. The van der Waals surface area contributed by atoms with Crippen LogP contribution in [0.5, 0.6) is 5.75 Å². The lowest BCUT2D eigenvalue weighted by Crippen LogP contribution is -2.45. The molecule has 3 nitrogen and oxygen atoms in total. The molecular weight excluding hydrogens is 236 g/mol. The second-order valence-electron chi connectivity index (χ2n) is 6.08. The van der Waals surface area contributed by atoms with E-state index in [1.807, 2.05) is 12.1 Å². The molecule has 0 radical (unpaired) electrons. The van der Waals surface area contributed by atoms with Crippen LogP contribution in [0.3, 0.4) is 0 Å². The topological polar surface area (TPSA) is 47.3 Å². The molecule has 1 aromatic rings. The summed E-state index contributed by atoms with van der Waals surface area (Å²) in [5.41, 5.74) is 7.13. The van der Waals surface area contributed by atoms with Gasteiger partial charge in [-0.2, -0.15) is 0 Å². The third-order valence-corrected chi connectivity index (χ3v) is 3.72. The maximum absolute atomic E-state index is 5.80. The molecule has 0 aliphatic rings. The van der Waals surface area contributed by atoms with Gasteiger partial charge in [-0.25, -0.2) is 0 Å².